The van der Waals surface area contributed by atoms with Crippen LogP contribution in [-0.2, 0) is 6.42 Å². The third kappa shape index (κ3) is 7.95. The van der Waals surface area contributed by atoms with Crippen LogP contribution < -0.4 is 0 Å². The molecule has 0 saturated heterocycles. The maximum Gasteiger partial charge on any atom is 0.118 e. The summed E-state index contributed by atoms with van der Waals surface area (Å²) >= 11 is 0. The molecular weight excluding hydrogens is 247 g/mol. The standard InChI is InChI=1S/C16H26O.K/c1-3-4-5-6-7-8-9-10-15-12-11-14(2)16(17)13-15;/h11-13,17H,3-10H2,1-2H3;. The first kappa shape index (κ1) is 18.7. The molecule has 1 aromatic rings. The Hall–Kier alpha value is 0.656. The Labute approximate surface area is 155 Å². The van der Waals surface area contributed by atoms with Gasteiger partial charge in [-0.15, -0.1) is 0 Å². The van der Waals surface area contributed by atoms with E-state index in [-0.39, 0.29) is 51.4 Å². The molecule has 0 aromatic heterocycles. The average Bonchev–Trinajstić information content (AvgIpc) is 2.32. The summed E-state index contributed by atoms with van der Waals surface area (Å²) in [6.45, 7) is 4.19. The van der Waals surface area contributed by atoms with Gasteiger partial charge < -0.3 is 5.11 Å². The number of hydrogen-bond acceptors (Lipinski definition) is 1. The van der Waals surface area contributed by atoms with Crippen LogP contribution in [-0.4, -0.2) is 56.5 Å². The Morgan fingerprint density at radius 1 is 0.944 bits per heavy atom. The summed E-state index contributed by atoms with van der Waals surface area (Å²) in [4.78, 5) is 0. The summed E-state index contributed by atoms with van der Waals surface area (Å²) in [5.41, 5.74) is 2.23. The number of benzene rings is 1. The Morgan fingerprint density at radius 2 is 1.56 bits per heavy atom. The fourth-order valence-electron chi connectivity index (χ4n) is 2.10. The Kier molecular flexibility index (Phi) is 11.9. The maximum absolute atomic E-state index is 9.60. The zero-order valence-electron chi connectivity index (χ0n) is 12.3. The molecular formula is C16H26KO. The molecule has 1 rings (SSSR count). The fourth-order valence-corrected chi connectivity index (χ4v) is 2.10. The van der Waals surface area contributed by atoms with Gasteiger partial charge in [0.25, 0.3) is 0 Å². The largest absolute Gasteiger partial charge is 0.508 e. The van der Waals surface area contributed by atoms with Crippen molar-refractivity contribution in [2.24, 2.45) is 0 Å². The fraction of sp³-hybridized carbons (Fsp3) is 0.625. The first-order chi connectivity index (χ1) is 8.24. The van der Waals surface area contributed by atoms with E-state index >= 15 is 0 Å². The van der Waals surface area contributed by atoms with Crippen molar-refractivity contribution in [1.29, 1.82) is 0 Å². The molecule has 0 aliphatic rings. The second-order valence-electron chi connectivity index (χ2n) is 4.99. The number of hydrogen-bond donors (Lipinski definition) is 1. The maximum atomic E-state index is 9.60. The van der Waals surface area contributed by atoms with Gasteiger partial charge in [0.1, 0.15) is 5.75 Å². The minimum Gasteiger partial charge on any atom is -0.508 e. The normalized spacial score (nSPS) is 10.1. The number of aromatic hydroxyl groups is 1. The van der Waals surface area contributed by atoms with E-state index < -0.39 is 0 Å². The van der Waals surface area contributed by atoms with Gasteiger partial charge in [0.15, 0.2) is 0 Å². The Bertz CT molecular complexity index is 323. The summed E-state index contributed by atoms with van der Waals surface area (Å²) in [6.07, 6.45) is 10.5. The van der Waals surface area contributed by atoms with Crippen molar-refractivity contribution < 1.29 is 5.11 Å². The van der Waals surface area contributed by atoms with Crippen molar-refractivity contribution in [1.82, 2.24) is 0 Å². The van der Waals surface area contributed by atoms with Gasteiger partial charge >= 0.3 is 0 Å². The molecule has 0 unspecified atom stereocenters. The van der Waals surface area contributed by atoms with Crippen molar-refractivity contribution in [3.05, 3.63) is 29.3 Å². The quantitative estimate of drug-likeness (QED) is 0.541. The molecule has 0 aliphatic carbocycles. The van der Waals surface area contributed by atoms with E-state index in [1.54, 1.807) is 0 Å². The van der Waals surface area contributed by atoms with Gasteiger partial charge in [-0.1, -0.05) is 57.6 Å². The van der Waals surface area contributed by atoms with Gasteiger partial charge in [0.2, 0.25) is 0 Å². The molecule has 1 N–H and O–H groups in total. The molecule has 0 saturated carbocycles. The summed E-state index contributed by atoms with van der Waals surface area (Å²) in [5.74, 6) is 0.436. The number of rotatable bonds is 8. The smallest absolute Gasteiger partial charge is 0.118 e. The van der Waals surface area contributed by atoms with E-state index in [1.807, 2.05) is 19.1 Å². The van der Waals surface area contributed by atoms with Crippen LogP contribution in [0.4, 0.5) is 0 Å². The van der Waals surface area contributed by atoms with E-state index in [1.165, 1.54) is 50.5 Å². The van der Waals surface area contributed by atoms with Gasteiger partial charge in [-0.05, 0) is 37.0 Å². The van der Waals surface area contributed by atoms with Gasteiger partial charge in [-0.25, -0.2) is 0 Å². The van der Waals surface area contributed by atoms with E-state index in [0.29, 0.717) is 5.75 Å². The van der Waals surface area contributed by atoms with Crippen LogP contribution >= 0.6 is 0 Å². The van der Waals surface area contributed by atoms with Crippen molar-refractivity contribution >= 4 is 51.4 Å². The molecule has 0 fully saturated rings. The summed E-state index contributed by atoms with van der Waals surface area (Å²) in [5, 5.41) is 9.60. The minimum absolute atomic E-state index is 0. The summed E-state index contributed by atoms with van der Waals surface area (Å²) in [7, 11) is 0. The molecule has 0 bridgehead atoms. The zero-order valence-corrected chi connectivity index (χ0v) is 15.5. The van der Waals surface area contributed by atoms with E-state index in [2.05, 4.69) is 13.0 Å². The second kappa shape index (κ2) is 11.5. The number of unbranched alkanes of at least 4 members (excludes halogenated alkanes) is 6. The molecule has 2 heteroatoms. The zero-order chi connectivity index (χ0) is 12.5. The van der Waals surface area contributed by atoms with Crippen molar-refractivity contribution in [2.45, 2.75) is 65.2 Å². The van der Waals surface area contributed by atoms with Crippen LogP contribution in [0.25, 0.3) is 0 Å². The SMILES string of the molecule is CCCCCCCCCc1ccc(C)c(O)c1.[K]. The predicted octanol–water partition coefficient (Wildman–Crippen LogP) is 4.61. The number of phenols is 1. The van der Waals surface area contributed by atoms with E-state index in [9.17, 15) is 5.11 Å². The molecule has 1 radical (unpaired) electrons. The summed E-state index contributed by atoms with van der Waals surface area (Å²) < 4.78 is 0. The Balaban J connectivity index is 0.00000289. The predicted molar refractivity (Wildman–Crippen MR) is 80.3 cm³/mol. The molecule has 0 spiro atoms. The number of aryl methyl sites for hydroxylation is 2. The Morgan fingerprint density at radius 3 is 2.17 bits per heavy atom. The first-order valence-electron chi connectivity index (χ1n) is 7.02. The molecule has 1 aromatic carbocycles. The van der Waals surface area contributed by atoms with Crippen molar-refractivity contribution in [2.75, 3.05) is 0 Å². The molecule has 0 amide bonds. The van der Waals surface area contributed by atoms with Gasteiger partial charge in [-0.2, -0.15) is 0 Å². The molecule has 97 valence electrons. The van der Waals surface area contributed by atoms with Crippen LogP contribution in [0.3, 0.4) is 0 Å². The third-order valence-electron chi connectivity index (χ3n) is 3.34. The van der Waals surface area contributed by atoms with Gasteiger partial charge in [-0.3, -0.25) is 0 Å². The van der Waals surface area contributed by atoms with Crippen molar-refractivity contribution in [3.63, 3.8) is 0 Å². The topological polar surface area (TPSA) is 20.2 Å². The molecule has 0 aliphatic heterocycles. The van der Waals surface area contributed by atoms with Crippen molar-refractivity contribution in [3.8, 4) is 5.75 Å². The molecule has 0 atom stereocenters. The van der Waals surface area contributed by atoms with Crippen LogP contribution in [0.1, 0.15) is 63.0 Å². The average molecular weight is 273 g/mol. The molecule has 0 heterocycles. The van der Waals surface area contributed by atoms with Crippen LogP contribution in [0.2, 0.25) is 0 Å². The van der Waals surface area contributed by atoms with E-state index in [4.69, 9.17) is 0 Å². The van der Waals surface area contributed by atoms with Crippen LogP contribution in [0.15, 0.2) is 18.2 Å². The molecule has 1 nitrogen and oxygen atoms in total. The monoisotopic (exact) mass is 273 g/mol. The minimum atomic E-state index is 0. The second-order valence-corrected chi connectivity index (χ2v) is 4.99. The molecule has 18 heavy (non-hydrogen) atoms. The van der Waals surface area contributed by atoms with E-state index in [0.717, 1.165) is 12.0 Å². The third-order valence-corrected chi connectivity index (χ3v) is 3.34. The summed E-state index contributed by atoms with van der Waals surface area (Å²) in [6, 6.07) is 6.05. The van der Waals surface area contributed by atoms with Crippen LogP contribution in [0.5, 0.6) is 5.75 Å². The number of phenolic OH excluding ortho intramolecular Hbond substituents is 1. The van der Waals surface area contributed by atoms with Crippen LogP contribution in [0, 0.1) is 6.92 Å². The van der Waals surface area contributed by atoms with Gasteiger partial charge in [0.05, 0.1) is 0 Å². The first-order valence-corrected chi connectivity index (χ1v) is 7.02. The van der Waals surface area contributed by atoms with Gasteiger partial charge in [0, 0.05) is 51.4 Å².